The number of benzene rings is 1. The van der Waals surface area contributed by atoms with Gasteiger partial charge in [0.2, 0.25) is 5.91 Å². The molecule has 1 aromatic rings. The van der Waals surface area contributed by atoms with Gasteiger partial charge in [0.15, 0.2) is 0 Å². The van der Waals surface area contributed by atoms with Gasteiger partial charge < -0.3 is 15.7 Å². The largest absolute Gasteiger partial charge is 0.481 e. The number of aryl methyl sites for hydroxylation is 2. The van der Waals surface area contributed by atoms with Crippen molar-refractivity contribution in [3.63, 3.8) is 0 Å². The molecular formula is C14H20N2O3. The van der Waals surface area contributed by atoms with Gasteiger partial charge in [0.1, 0.15) is 0 Å². The number of anilines is 1. The first-order chi connectivity index (χ1) is 8.99. The Labute approximate surface area is 113 Å². The van der Waals surface area contributed by atoms with E-state index in [1.807, 2.05) is 32.0 Å². The summed E-state index contributed by atoms with van der Waals surface area (Å²) >= 11 is 0. The maximum atomic E-state index is 11.6. The summed E-state index contributed by atoms with van der Waals surface area (Å²) in [7, 11) is 0. The first kappa shape index (κ1) is 15.2. The quantitative estimate of drug-likeness (QED) is 0.655. The molecule has 0 aromatic heterocycles. The number of aliphatic carboxylic acids is 1. The fourth-order valence-electron chi connectivity index (χ4n) is 1.59. The predicted octanol–water partition coefficient (Wildman–Crippen LogP) is 1.70. The second-order valence-electron chi connectivity index (χ2n) is 4.52. The summed E-state index contributed by atoms with van der Waals surface area (Å²) in [4.78, 5) is 21.9. The van der Waals surface area contributed by atoms with Crippen LogP contribution in [0.15, 0.2) is 18.2 Å². The summed E-state index contributed by atoms with van der Waals surface area (Å²) in [6, 6.07) is 5.76. The molecule has 0 radical (unpaired) electrons. The molecule has 5 heteroatoms. The molecule has 0 spiro atoms. The van der Waals surface area contributed by atoms with Crippen molar-refractivity contribution in [3.8, 4) is 0 Å². The third-order valence-electron chi connectivity index (χ3n) is 2.82. The Bertz CT molecular complexity index is 458. The van der Waals surface area contributed by atoms with E-state index in [1.165, 1.54) is 5.56 Å². The summed E-state index contributed by atoms with van der Waals surface area (Å²) in [5.41, 5.74) is 3.09. The van der Waals surface area contributed by atoms with Crippen molar-refractivity contribution < 1.29 is 14.7 Å². The van der Waals surface area contributed by atoms with Crippen LogP contribution in [-0.4, -0.2) is 30.1 Å². The number of carboxylic acid groups (broad SMARTS) is 1. The number of carbonyl (C=O) groups excluding carboxylic acids is 1. The van der Waals surface area contributed by atoms with E-state index in [4.69, 9.17) is 5.11 Å². The van der Waals surface area contributed by atoms with Crippen LogP contribution in [0.1, 0.15) is 24.0 Å². The molecule has 3 N–H and O–H groups in total. The van der Waals surface area contributed by atoms with E-state index in [-0.39, 0.29) is 18.9 Å². The molecule has 1 rings (SSSR count). The molecule has 0 aliphatic carbocycles. The van der Waals surface area contributed by atoms with Gasteiger partial charge in [0.25, 0.3) is 0 Å². The van der Waals surface area contributed by atoms with Gasteiger partial charge in [-0.1, -0.05) is 6.07 Å². The highest BCUT2D eigenvalue weighted by molar-refractivity contribution is 5.92. The predicted molar refractivity (Wildman–Crippen MR) is 74.3 cm³/mol. The van der Waals surface area contributed by atoms with E-state index < -0.39 is 5.97 Å². The Morgan fingerprint density at radius 2 is 1.95 bits per heavy atom. The van der Waals surface area contributed by atoms with E-state index in [0.29, 0.717) is 13.0 Å². The molecule has 0 aliphatic rings. The maximum Gasteiger partial charge on any atom is 0.303 e. The number of rotatable bonds is 7. The highest BCUT2D eigenvalue weighted by atomic mass is 16.4. The van der Waals surface area contributed by atoms with Crippen LogP contribution in [0.4, 0.5) is 5.69 Å². The Morgan fingerprint density at radius 1 is 1.21 bits per heavy atom. The third-order valence-corrected chi connectivity index (χ3v) is 2.82. The molecular weight excluding hydrogens is 244 g/mol. The molecule has 0 atom stereocenters. The summed E-state index contributed by atoms with van der Waals surface area (Å²) < 4.78 is 0. The Hall–Kier alpha value is -1.88. The topological polar surface area (TPSA) is 78.4 Å². The standard InChI is InChI=1S/C14H20N2O3/c1-10-5-6-12(8-11(10)2)16-13(17)9-15-7-3-4-14(18)19/h5-6,8,15H,3-4,7,9H2,1-2H3,(H,16,17)(H,18,19). The molecule has 0 saturated heterocycles. The highest BCUT2D eigenvalue weighted by Crippen LogP contribution is 2.13. The maximum absolute atomic E-state index is 11.6. The zero-order valence-corrected chi connectivity index (χ0v) is 11.3. The number of hydrogen-bond acceptors (Lipinski definition) is 3. The van der Waals surface area contributed by atoms with E-state index in [2.05, 4.69) is 10.6 Å². The minimum Gasteiger partial charge on any atom is -0.481 e. The van der Waals surface area contributed by atoms with Crippen molar-refractivity contribution in [1.29, 1.82) is 0 Å². The number of hydrogen-bond donors (Lipinski definition) is 3. The minimum atomic E-state index is -0.818. The lowest BCUT2D eigenvalue weighted by Crippen LogP contribution is -2.29. The monoisotopic (exact) mass is 264 g/mol. The van der Waals surface area contributed by atoms with Crippen molar-refractivity contribution in [2.45, 2.75) is 26.7 Å². The second kappa shape index (κ2) is 7.53. The van der Waals surface area contributed by atoms with Crippen LogP contribution in [0.5, 0.6) is 0 Å². The normalized spacial score (nSPS) is 10.2. The van der Waals surface area contributed by atoms with Crippen molar-refractivity contribution >= 4 is 17.6 Å². The number of carbonyl (C=O) groups is 2. The van der Waals surface area contributed by atoms with Gasteiger partial charge in [0.05, 0.1) is 6.54 Å². The van der Waals surface area contributed by atoms with Crippen molar-refractivity contribution in [3.05, 3.63) is 29.3 Å². The van der Waals surface area contributed by atoms with Gasteiger partial charge in [-0.05, 0) is 50.1 Å². The van der Waals surface area contributed by atoms with E-state index in [0.717, 1.165) is 11.3 Å². The van der Waals surface area contributed by atoms with Crippen molar-refractivity contribution in [1.82, 2.24) is 5.32 Å². The van der Waals surface area contributed by atoms with E-state index in [9.17, 15) is 9.59 Å². The van der Waals surface area contributed by atoms with Crippen LogP contribution in [0.2, 0.25) is 0 Å². The van der Waals surface area contributed by atoms with Gasteiger partial charge >= 0.3 is 5.97 Å². The minimum absolute atomic E-state index is 0.117. The lowest BCUT2D eigenvalue weighted by Gasteiger charge is -2.08. The van der Waals surface area contributed by atoms with Gasteiger partial charge in [-0.2, -0.15) is 0 Å². The Kier molecular flexibility index (Phi) is 6.02. The average molecular weight is 264 g/mol. The molecule has 0 aliphatic heterocycles. The molecule has 0 heterocycles. The first-order valence-electron chi connectivity index (χ1n) is 6.28. The fourth-order valence-corrected chi connectivity index (χ4v) is 1.59. The second-order valence-corrected chi connectivity index (χ2v) is 4.52. The van der Waals surface area contributed by atoms with Crippen molar-refractivity contribution in [2.24, 2.45) is 0 Å². The van der Waals surface area contributed by atoms with Crippen LogP contribution >= 0.6 is 0 Å². The Balaban J connectivity index is 2.27. The highest BCUT2D eigenvalue weighted by Gasteiger charge is 2.03. The van der Waals surface area contributed by atoms with Crippen molar-refractivity contribution in [2.75, 3.05) is 18.4 Å². The molecule has 19 heavy (non-hydrogen) atoms. The first-order valence-corrected chi connectivity index (χ1v) is 6.28. The van der Waals surface area contributed by atoms with Crippen LogP contribution < -0.4 is 10.6 Å². The smallest absolute Gasteiger partial charge is 0.303 e. The van der Waals surface area contributed by atoms with Crippen LogP contribution in [0, 0.1) is 13.8 Å². The van der Waals surface area contributed by atoms with Crippen LogP contribution in [-0.2, 0) is 9.59 Å². The van der Waals surface area contributed by atoms with E-state index >= 15 is 0 Å². The molecule has 5 nitrogen and oxygen atoms in total. The SMILES string of the molecule is Cc1ccc(NC(=O)CNCCCC(=O)O)cc1C. The molecule has 0 unspecified atom stereocenters. The summed E-state index contributed by atoms with van der Waals surface area (Å²) in [5.74, 6) is -0.944. The van der Waals surface area contributed by atoms with Gasteiger partial charge in [-0.15, -0.1) is 0 Å². The third kappa shape index (κ3) is 6.01. The van der Waals surface area contributed by atoms with Crippen LogP contribution in [0.25, 0.3) is 0 Å². The summed E-state index contributed by atoms with van der Waals surface area (Å²) in [6.07, 6.45) is 0.637. The molecule has 0 fully saturated rings. The molecule has 1 aromatic carbocycles. The van der Waals surface area contributed by atoms with Gasteiger partial charge in [0, 0.05) is 12.1 Å². The van der Waals surface area contributed by atoms with E-state index in [1.54, 1.807) is 0 Å². The van der Waals surface area contributed by atoms with Crippen LogP contribution in [0.3, 0.4) is 0 Å². The summed E-state index contributed by atoms with van der Waals surface area (Å²) in [6.45, 7) is 4.72. The lowest BCUT2D eigenvalue weighted by atomic mass is 10.1. The molecule has 0 saturated carbocycles. The van der Waals surface area contributed by atoms with Gasteiger partial charge in [-0.25, -0.2) is 0 Å². The van der Waals surface area contributed by atoms with Gasteiger partial charge in [-0.3, -0.25) is 9.59 Å². The average Bonchev–Trinajstić information content (AvgIpc) is 2.33. The number of nitrogens with one attached hydrogen (secondary N) is 2. The molecule has 1 amide bonds. The zero-order valence-electron chi connectivity index (χ0n) is 11.3. The fraction of sp³-hybridized carbons (Fsp3) is 0.429. The number of amides is 1. The zero-order chi connectivity index (χ0) is 14.3. The number of carboxylic acids is 1. The molecule has 104 valence electrons. The molecule has 0 bridgehead atoms. The summed E-state index contributed by atoms with van der Waals surface area (Å²) in [5, 5.41) is 14.2. The Morgan fingerprint density at radius 3 is 2.58 bits per heavy atom. The lowest BCUT2D eigenvalue weighted by molar-refractivity contribution is -0.137.